The molecule has 0 N–H and O–H groups in total. The Hall–Kier alpha value is -2.87. The summed E-state index contributed by atoms with van der Waals surface area (Å²) in [6.07, 6.45) is 7.29. The average molecular weight is 366 g/mol. The molecular formula is C18H18N6OS. The van der Waals surface area contributed by atoms with Crippen molar-refractivity contribution in [3.8, 4) is 10.8 Å². The Labute approximate surface area is 155 Å². The largest absolute Gasteiger partial charge is 0.368 e. The fourth-order valence-electron chi connectivity index (χ4n) is 2.94. The number of piperazine rings is 1. The molecule has 8 heteroatoms. The number of aromatic nitrogens is 4. The van der Waals surface area contributed by atoms with Crippen LogP contribution in [0.1, 0.15) is 5.69 Å². The number of rotatable bonds is 4. The van der Waals surface area contributed by atoms with Crippen molar-refractivity contribution >= 4 is 22.9 Å². The predicted octanol–water partition coefficient (Wildman–Crippen LogP) is 1.89. The molecule has 1 amide bonds. The van der Waals surface area contributed by atoms with E-state index in [1.807, 2.05) is 22.4 Å². The van der Waals surface area contributed by atoms with Crippen molar-refractivity contribution in [3.05, 3.63) is 54.1 Å². The summed E-state index contributed by atoms with van der Waals surface area (Å²) in [6, 6.07) is 5.77. The van der Waals surface area contributed by atoms with E-state index < -0.39 is 0 Å². The van der Waals surface area contributed by atoms with Crippen LogP contribution in [-0.4, -0.2) is 56.9 Å². The Kier molecular flexibility index (Phi) is 4.83. The summed E-state index contributed by atoms with van der Waals surface area (Å²) < 4.78 is 0. The number of pyridine rings is 1. The monoisotopic (exact) mass is 366 g/mol. The number of hydrogen-bond donors (Lipinski definition) is 0. The second-order valence-electron chi connectivity index (χ2n) is 5.97. The molecule has 1 aliphatic heterocycles. The summed E-state index contributed by atoms with van der Waals surface area (Å²) in [5.41, 5.74) is 1.93. The lowest BCUT2D eigenvalue weighted by Crippen LogP contribution is -2.49. The molecule has 0 radical (unpaired) electrons. The highest BCUT2D eigenvalue weighted by Crippen LogP contribution is 2.20. The van der Waals surface area contributed by atoms with E-state index in [-0.39, 0.29) is 5.91 Å². The van der Waals surface area contributed by atoms with Crippen molar-refractivity contribution in [1.82, 2.24) is 24.8 Å². The van der Waals surface area contributed by atoms with Gasteiger partial charge < -0.3 is 9.80 Å². The lowest BCUT2D eigenvalue weighted by Gasteiger charge is -2.36. The first-order chi connectivity index (χ1) is 12.8. The molecule has 3 aromatic rings. The first-order valence-electron chi connectivity index (χ1n) is 8.44. The number of nitrogens with zero attached hydrogens (tertiary/aromatic N) is 6. The van der Waals surface area contributed by atoms with E-state index in [0.29, 0.717) is 12.2 Å². The molecule has 1 aliphatic rings. The summed E-state index contributed by atoms with van der Waals surface area (Å²) in [6.45, 7) is 3.10. The van der Waals surface area contributed by atoms with Gasteiger partial charge in [0.05, 0.1) is 12.1 Å². The summed E-state index contributed by atoms with van der Waals surface area (Å²) in [7, 11) is 0. The van der Waals surface area contributed by atoms with Crippen molar-refractivity contribution in [2.75, 3.05) is 31.1 Å². The molecule has 1 fully saturated rings. The van der Waals surface area contributed by atoms with Crippen LogP contribution in [0.4, 0.5) is 5.69 Å². The number of carbonyl (C=O) groups excluding carboxylic acids is 1. The molecule has 1 saturated heterocycles. The van der Waals surface area contributed by atoms with E-state index in [4.69, 9.17) is 0 Å². The maximum atomic E-state index is 12.6. The molecule has 0 unspecified atom stereocenters. The summed E-state index contributed by atoms with van der Waals surface area (Å²) in [5.74, 6) is 0.715. The summed E-state index contributed by atoms with van der Waals surface area (Å²) in [5, 5.41) is 2.66. The van der Waals surface area contributed by atoms with Gasteiger partial charge in [-0.25, -0.2) is 15.0 Å². The van der Waals surface area contributed by atoms with E-state index in [0.717, 1.165) is 42.6 Å². The van der Waals surface area contributed by atoms with Gasteiger partial charge in [0, 0.05) is 62.0 Å². The van der Waals surface area contributed by atoms with E-state index in [1.165, 1.54) is 11.3 Å². The predicted molar refractivity (Wildman–Crippen MR) is 99.9 cm³/mol. The van der Waals surface area contributed by atoms with Gasteiger partial charge in [0.2, 0.25) is 5.91 Å². The molecule has 7 nitrogen and oxygen atoms in total. The van der Waals surface area contributed by atoms with Crippen LogP contribution < -0.4 is 4.90 Å². The van der Waals surface area contributed by atoms with Crippen LogP contribution in [0.5, 0.6) is 0 Å². The van der Waals surface area contributed by atoms with Gasteiger partial charge in [-0.05, 0) is 18.2 Å². The molecule has 0 spiro atoms. The molecule has 4 rings (SSSR count). The van der Waals surface area contributed by atoms with Gasteiger partial charge in [-0.1, -0.05) is 0 Å². The number of amides is 1. The summed E-state index contributed by atoms with van der Waals surface area (Å²) >= 11 is 1.47. The number of hydrogen-bond acceptors (Lipinski definition) is 7. The highest BCUT2D eigenvalue weighted by molar-refractivity contribution is 7.13. The highest BCUT2D eigenvalue weighted by atomic mass is 32.1. The van der Waals surface area contributed by atoms with Crippen molar-refractivity contribution in [2.24, 2.45) is 0 Å². The zero-order valence-electron chi connectivity index (χ0n) is 14.2. The SMILES string of the molecule is O=C(Cc1csc(-c2ncccn2)n1)N1CCN(c2ccncc2)CC1. The van der Waals surface area contributed by atoms with Gasteiger partial charge in [0.15, 0.2) is 10.8 Å². The Morgan fingerprint density at radius 2 is 1.77 bits per heavy atom. The minimum Gasteiger partial charge on any atom is -0.368 e. The van der Waals surface area contributed by atoms with Gasteiger partial charge in [-0.2, -0.15) is 0 Å². The Morgan fingerprint density at radius 3 is 2.50 bits per heavy atom. The third kappa shape index (κ3) is 3.70. The zero-order valence-corrected chi connectivity index (χ0v) is 15.0. The second kappa shape index (κ2) is 7.57. The lowest BCUT2D eigenvalue weighted by molar-refractivity contribution is -0.130. The molecule has 0 bridgehead atoms. The molecule has 0 saturated carbocycles. The zero-order chi connectivity index (χ0) is 17.8. The molecule has 3 aromatic heterocycles. The fourth-order valence-corrected chi connectivity index (χ4v) is 3.70. The van der Waals surface area contributed by atoms with Crippen LogP contribution in [0.2, 0.25) is 0 Å². The maximum absolute atomic E-state index is 12.6. The van der Waals surface area contributed by atoms with Crippen LogP contribution in [0, 0.1) is 0 Å². The van der Waals surface area contributed by atoms with Gasteiger partial charge in [0.25, 0.3) is 0 Å². The normalized spacial score (nSPS) is 14.5. The van der Waals surface area contributed by atoms with Crippen LogP contribution in [0.3, 0.4) is 0 Å². The topological polar surface area (TPSA) is 75.1 Å². The standard InChI is InChI=1S/C18H18N6OS/c25-16(12-14-13-26-18(22-14)17-20-4-1-5-21-17)24-10-8-23(9-11-24)15-2-6-19-7-3-15/h1-7,13H,8-12H2. The molecule has 0 aliphatic carbocycles. The van der Waals surface area contributed by atoms with Crippen LogP contribution in [-0.2, 0) is 11.2 Å². The highest BCUT2D eigenvalue weighted by Gasteiger charge is 2.22. The van der Waals surface area contributed by atoms with Gasteiger partial charge >= 0.3 is 0 Å². The number of anilines is 1. The fraction of sp³-hybridized carbons (Fsp3) is 0.278. The van der Waals surface area contributed by atoms with Crippen LogP contribution in [0.25, 0.3) is 10.8 Å². The third-order valence-corrected chi connectivity index (χ3v) is 5.19. The van der Waals surface area contributed by atoms with Crippen molar-refractivity contribution in [2.45, 2.75) is 6.42 Å². The van der Waals surface area contributed by atoms with Crippen LogP contribution in [0.15, 0.2) is 48.4 Å². The second-order valence-corrected chi connectivity index (χ2v) is 6.82. The molecule has 0 aromatic carbocycles. The first-order valence-corrected chi connectivity index (χ1v) is 9.32. The van der Waals surface area contributed by atoms with E-state index in [1.54, 1.807) is 30.9 Å². The quantitative estimate of drug-likeness (QED) is 0.702. The van der Waals surface area contributed by atoms with Crippen molar-refractivity contribution < 1.29 is 4.79 Å². The Morgan fingerprint density at radius 1 is 1.04 bits per heavy atom. The van der Waals surface area contributed by atoms with Crippen molar-refractivity contribution in [3.63, 3.8) is 0 Å². The van der Waals surface area contributed by atoms with Gasteiger partial charge in [-0.15, -0.1) is 11.3 Å². The minimum absolute atomic E-state index is 0.116. The average Bonchev–Trinajstić information content (AvgIpc) is 3.18. The molecule has 26 heavy (non-hydrogen) atoms. The molecule has 0 atom stereocenters. The molecule has 132 valence electrons. The van der Waals surface area contributed by atoms with Gasteiger partial charge in [-0.3, -0.25) is 9.78 Å². The molecule has 4 heterocycles. The van der Waals surface area contributed by atoms with Gasteiger partial charge in [0.1, 0.15) is 0 Å². The van der Waals surface area contributed by atoms with E-state index in [2.05, 4.69) is 24.8 Å². The van der Waals surface area contributed by atoms with E-state index >= 15 is 0 Å². The third-order valence-electron chi connectivity index (χ3n) is 4.30. The number of carbonyl (C=O) groups is 1. The smallest absolute Gasteiger partial charge is 0.228 e. The maximum Gasteiger partial charge on any atom is 0.228 e. The first kappa shape index (κ1) is 16.6. The minimum atomic E-state index is 0.116. The lowest BCUT2D eigenvalue weighted by atomic mass is 10.2. The Balaban J connectivity index is 1.34. The Bertz CT molecular complexity index is 862. The number of thiazole rings is 1. The molecular weight excluding hydrogens is 348 g/mol. The van der Waals surface area contributed by atoms with E-state index in [9.17, 15) is 4.79 Å². The van der Waals surface area contributed by atoms with Crippen molar-refractivity contribution in [1.29, 1.82) is 0 Å². The summed E-state index contributed by atoms with van der Waals surface area (Å²) in [4.78, 5) is 33.7. The van der Waals surface area contributed by atoms with Crippen LogP contribution >= 0.6 is 11.3 Å².